The van der Waals surface area contributed by atoms with Gasteiger partial charge in [-0.1, -0.05) is 23.7 Å². The molecule has 2 heterocycles. The molecule has 25 heavy (non-hydrogen) atoms. The van der Waals surface area contributed by atoms with Crippen LogP contribution in [0, 0.1) is 0 Å². The molecular formula is C17H18ClN5O2. The van der Waals surface area contributed by atoms with Gasteiger partial charge in [0.1, 0.15) is 0 Å². The molecule has 0 bridgehead atoms. The number of amides is 2. The van der Waals surface area contributed by atoms with E-state index in [1.54, 1.807) is 15.9 Å². The average Bonchev–Trinajstić information content (AvgIpc) is 2.64. The van der Waals surface area contributed by atoms with Gasteiger partial charge in [0.15, 0.2) is 0 Å². The van der Waals surface area contributed by atoms with Crippen molar-refractivity contribution in [3.8, 4) is 0 Å². The van der Waals surface area contributed by atoms with E-state index in [0.29, 0.717) is 48.4 Å². The number of anilines is 2. The summed E-state index contributed by atoms with van der Waals surface area (Å²) in [6.07, 6.45) is 2.98. The van der Waals surface area contributed by atoms with E-state index < -0.39 is 0 Å². The summed E-state index contributed by atoms with van der Waals surface area (Å²) in [7, 11) is 0. The normalized spacial score (nSPS) is 14.3. The lowest BCUT2D eigenvalue weighted by Gasteiger charge is -2.34. The number of nitrogens with one attached hydrogen (secondary N) is 1. The maximum absolute atomic E-state index is 12.5. The fourth-order valence-electron chi connectivity index (χ4n) is 2.59. The highest BCUT2D eigenvalue weighted by Gasteiger charge is 2.23. The Morgan fingerprint density at radius 1 is 1.04 bits per heavy atom. The molecule has 3 rings (SSSR count). The van der Waals surface area contributed by atoms with Crippen LogP contribution < -0.4 is 5.32 Å². The van der Waals surface area contributed by atoms with Gasteiger partial charge in [-0.15, -0.1) is 0 Å². The standard InChI is InChI=1S/C17H18ClN5O2/c1-12(24)22-6-8-23(9-7-22)16(25)13-10-19-17(20-11-13)21-15-5-3-2-4-14(15)18/h2-5,10-11H,6-9H2,1H3,(H,19,20,21). The van der Waals surface area contributed by atoms with Crippen molar-refractivity contribution in [3.63, 3.8) is 0 Å². The van der Waals surface area contributed by atoms with Crippen LogP contribution in [0.4, 0.5) is 11.6 Å². The van der Waals surface area contributed by atoms with Crippen LogP contribution in [0.3, 0.4) is 0 Å². The second-order valence-electron chi connectivity index (χ2n) is 5.70. The molecule has 130 valence electrons. The van der Waals surface area contributed by atoms with E-state index in [1.807, 2.05) is 18.2 Å². The first kappa shape index (κ1) is 17.2. The highest BCUT2D eigenvalue weighted by molar-refractivity contribution is 6.33. The number of benzene rings is 1. The molecule has 1 aromatic heterocycles. The second-order valence-corrected chi connectivity index (χ2v) is 6.11. The lowest BCUT2D eigenvalue weighted by atomic mass is 10.2. The minimum absolute atomic E-state index is 0.0328. The molecule has 1 aromatic carbocycles. The lowest BCUT2D eigenvalue weighted by Crippen LogP contribution is -2.50. The van der Waals surface area contributed by atoms with Gasteiger partial charge in [-0.2, -0.15) is 0 Å². The number of nitrogens with zero attached hydrogens (tertiary/aromatic N) is 4. The van der Waals surface area contributed by atoms with Crippen molar-refractivity contribution in [2.75, 3.05) is 31.5 Å². The summed E-state index contributed by atoms with van der Waals surface area (Å²) >= 11 is 6.08. The van der Waals surface area contributed by atoms with Gasteiger partial charge in [0.05, 0.1) is 16.3 Å². The Morgan fingerprint density at radius 3 is 2.24 bits per heavy atom. The molecule has 1 fully saturated rings. The fourth-order valence-corrected chi connectivity index (χ4v) is 2.78. The van der Waals surface area contributed by atoms with E-state index in [1.165, 1.54) is 19.3 Å². The molecule has 0 saturated carbocycles. The Labute approximate surface area is 150 Å². The van der Waals surface area contributed by atoms with Gasteiger partial charge in [0.25, 0.3) is 5.91 Å². The van der Waals surface area contributed by atoms with Crippen LogP contribution in [0.5, 0.6) is 0 Å². The third-order valence-corrected chi connectivity index (χ3v) is 4.36. The Hall–Kier alpha value is -2.67. The van der Waals surface area contributed by atoms with Crippen LogP contribution in [0.15, 0.2) is 36.7 Å². The predicted molar refractivity (Wildman–Crippen MR) is 94.9 cm³/mol. The maximum atomic E-state index is 12.5. The molecule has 2 amide bonds. The van der Waals surface area contributed by atoms with Crippen molar-refractivity contribution in [3.05, 3.63) is 47.2 Å². The van der Waals surface area contributed by atoms with Crippen molar-refractivity contribution in [1.82, 2.24) is 19.8 Å². The van der Waals surface area contributed by atoms with Crippen molar-refractivity contribution in [2.45, 2.75) is 6.92 Å². The zero-order chi connectivity index (χ0) is 17.8. The van der Waals surface area contributed by atoms with E-state index in [2.05, 4.69) is 15.3 Å². The van der Waals surface area contributed by atoms with Crippen LogP contribution in [0.25, 0.3) is 0 Å². The monoisotopic (exact) mass is 359 g/mol. The van der Waals surface area contributed by atoms with E-state index in [-0.39, 0.29) is 11.8 Å². The van der Waals surface area contributed by atoms with Crippen LogP contribution in [0.2, 0.25) is 5.02 Å². The van der Waals surface area contributed by atoms with Gasteiger partial charge < -0.3 is 15.1 Å². The molecule has 0 aliphatic carbocycles. The molecule has 8 heteroatoms. The summed E-state index contributed by atoms with van der Waals surface area (Å²) in [5, 5.41) is 3.58. The zero-order valence-corrected chi connectivity index (χ0v) is 14.5. The number of halogens is 1. The average molecular weight is 360 g/mol. The molecule has 1 saturated heterocycles. The molecule has 2 aromatic rings. The number of para-hydroxylation sites is 1. The molecule has 1 aliphatic rings. The summed E-state index contributed by atoms with van der Waals surface area (Å²) in [4.78, 5) is 35.6. The maximum Gasteiger partial charge on any atom is 0.257 e. The van der Waals surface area contributed by atoms with Crippen LogP contribution >= 0.6 is 11.6 Å². The number of rotatable bonds is 3. The summed E-state index contributed by atoms with van der Waals surface area (Å²) in [5.41, 5.74) is 1.12. The number of carbonyl (C=O) groups excluding carboxylic acids is 2. The van der Waals surface area contributed by atoms with Gasteiger partial charge >= 0.3 is 0 Å². The largest absolute Gasteiger partial charge is 0.339 e. The Bertz CT molecular complexity index is 773. The summed E-state index contributed by atoms with van der Waals surface area (Å²) < 4.78 is 0. The highest BCUT2D eigenvalue weighted by Crippen LogP contribution is 2.23. The first-order chi connectivity index (χ1) is 12.0. The van der Waals surface area contributed by atoms with Crippen molar-refractivity contribution in [2.24, 2.45) is 0 Å². The summed E-state index contributed by atoms with van der Waals surface area (Å²) in [6.45, 7) is 3.66. The molecule has 0 spiro atoms. The minimum Gasteiger partial charge on any atom is -0.339 e. The van der Waals surface area contributed by atoms with E-state index in [0.717, 1.165) is 0 Å². The van der Waals surface area contributed by atoms with E-state index >= 15 is 0 Å². The van der Waals surface area contributed by atoms with Gasteiger partial charge in [-0.05, 0) is 12.1 Å². The molecule has 0 unspecified atom stereocenters. The second kappa shape index (κ2) is 7.48. The molecule has 0 radical (unpaired) electrons. The van der Waals surface area contributed by atoms with Crippen LogP contribution in [0.1, 0.15) is 17.3 Å². The van der Waals surface area contributed by atoms with Gasteiger partial charge in [0, 0.05) is 45.5 Å². The number of piperazine rings is 1. The first-order valence-corrected chi connectivity index (χ1v) is 8.31. The number of aromatic nitrogens is 2. The summed E-state index contributed by atoms with van der Waals surface area (Å²) in [5.74, 6) is 0.268. The van der Waals surface area contributed by atoms with E-state index in [9.17, 15) is 9.59 Å². The zero-order valence-electron chi connectivity index (χ0n) is 13.8. The van der Waals surface area contributed by atoms with Crippen molar-refractivity contribution >= 4 is 35.1 Å². The third-order valence-electron chi connectivity index (χ3n) is 4.03. The van der Waals surface area contributed by atoms with Crippen molar-refractivity contribution in [1.29, 1.82) is 0 Å². The third kappa shape index (κ3) is 4.06. The van der Waals surface area contributed by atoms with Crippen LogP contribution in [-0.2, 0) is 4.79 Å². The van der Waals surface area contributed by atoms with Gasteiger partial charge in [0.2, 0.25) is 11.9 Å². The molecule has 0 atom stereocenters. The lowest BCUT2D eigenvalue weighted by molar-refractivity contribution is -0.130. The van der Waals surface area contributed by atoms with Crippen molar-refractivity contribution < 1.29 is 9.59 Å². The Kier molecular flexibility index (Phi) is 5.14. The topological polar surface area (TPSA) is 78.4 Å². The minimum atomic E-state index is -0.132. The van der Waals surface area contributed by atoms with Gasteiger partial charge in [-0.3, -0.25) is 9.59 Å². The molecule has 1 N–H and O–H groups in total. The predicted octanol–water partition coefficient (Wildman–Crippen LogP) is 2.18. The Morgan fingerprint density at radius 2 is 1.64 bits per heavy atom. The number of hydrogen-bond acceptors (Lipinski definition) is 5. The fraction of sp³-hybridized carbons (Fsp3) is 0.294. The smallest absolute Gasteiger partial charge is 0.257 e. The molecule has 1 aliphatic heterocycles. The number of carbonyl (C=O) groups is 2. The quantitative estimate of drug-likeness (QED) is 0.908. The first-order valence-electron chi connectivity index (χ1n) is 7.93. The Balaban J connectivity index is 1.63. The summed E-state index contributed by atoms with van der Waals surface area (Å²) in [6, 6.07) is 7.27. The molecule has 7 nitrogen and oxygen atoms in total. The number of hydrogen-bond donors (Lipinski definition) is 1. The molecular weight excluding hydrogens is 342 g/mol. The van der Waals surface area contributed by atoms with E-state index in [4.69, 9.17) is 11.6 Å². The van der Waals surface area contributed by atoms with Crippen LogP contribution in [-0.4, -0.2) is 57.8 Å². The van der Waals surface area contributed by atoms with Gasteiger partial charge in [-0.25, -0.2) is 9.97 Å². The highest BCUT2D eigenvalue weighted by atomic mass is 35.5. The SMILES string of the molecule is CC(=O)N1CCN(C(=O)c2cnc(Nc3ccccc3Cl)nc2)CC1.